The van der Waals surface area contributed by atoms with Crippen LogP contribution in [0.2, 0.25) is 0 Å². The highest BCUT2D eigenvalue weighted by Crippen LogP contribution is 2.24. The Morgan fingerprint density at radius 1 is 1.19 bits per heavy atom. The van der Waals surface area contributed by atoms with Crippen LogP contribution in [0.4, 0.5) is 17.1 Å². The number of aryl methyl sites for hydroxylation is 1. The smallest absolute Gasteiger partial charge is 0.272 e. The summed E-state index contributed by atoms with van der Waals surface area (Å²) in [5.74, 6) is 0. The largest absolute Gasteiger partial charge is 0.399 e. The first-order chi connectivity index (χ1) is 9.79. The Hall–Kier alpha value is -2.61. The first-order valence-corrected chi connectivity index (χ1v) is 7.41. The standard InChI is InChI=1S/C13H13N3O4S/c1-9-7-11(5-6-13(9)16(17)18)15-21(19,20)12-4-2-3-10(14)8-12/h2-8,15H,14H2,1H3. The van der Waals surface area contributed by atoms with Gasteiger partial charge >= 0.3 is 0 Å². The number of rotatable bonds is 4. The summed E-state index contributed by atoms with van der Waals surface area (Å²) >= 11 is 0. The van der Waals surface area contributed by atoms with Gasteiger partial charge in [-0.1, -0.05) is 6.07 Å². The molecule has 8 heteroatoms. The second kappa shape index (κ2) is 5.41. The Labute approximate surface area is 121 Å². The molecule has 3 N–H and O–H groups in total. The third-order valence-corrected chi connectivity index (χ3v) is 4.19. The van der Waals surface area contributed by atoms with E-state index in [0.717, 1.165) is 0 Å². The van der Waals surface area contributed by atoms with Gasteiger partial charge in [0.1, 0.15) is 0 Å². The Kier molecular flexibility index (Phi) is 3.81. The molecule has 0 atom stereocenters. The average molecular weight is 307 g/mol. The lowest BCUT2D eigenvalue weighted by Gasteiger charge is -2.09. The third-order valence-electron chi connectivity index (χ3n) is 2.81. The molecule has 0 aliphatic rings. The van der Waals surface area contributed by atoms with Crippen LogP contribution in [0, 0.1) is 17.0 Å². The van der Waals surface area contributed by atoms with E-state index < -0.39 is 14.9 Å². The van der Waals surface area contributed by atoms with E-state index in [0.29, 0.717) is 11.3 Å². The van der Waals surface area contributed by atoms with Crippen LogP contribution in [0.25, 0.3) is 0 Å². The van der Waals surface area contributed by atoms with Crippen LogP contribution in [0.3, 0.4) is 0 Å². The first-order valence-electron chi connectivity index (χ1n) is 5.93. The van der Waals surface area contributed by atoms with Crippen molar-refractivity contribution >= 4 is 27.1 Å². The molecule has 0 radical (unpaired) electrons. The van der Waals surface area contributed by atoms with Gasteiger partial charge in [-0.15, -0.1) is 0 Å². The summed E-state index contributed by atoms with van der Waals surface area (Å²) in [4.78, 5) is 10.2. The fourth-order valence-corrected chi connectivity index (χ4v) is 2.92. The molecule has 0 fully saturated rings. The monoisotopic (exact) mass is 307 g/mol. The zero-order chi connectivity index (χ0) is 15.6. The van der Waals surface area contributed by atoms with Crippen LogP contribution in [-0.4, -0.2) is 13.3 Å². The minimum atomic E-state index is -3.79. The van der Waals surface area contributed by atoms with Crippen LogP contribution in [-0.2, 0) is 10.0 Å². The Morgan fingerprint density at radius 2 is 1.90 bits per heavy atom. The second-order valence-electron chi connectivity index (χ2n) is 4.44. The van der Waals surface area contributed by atoms with Gasteiger partial charge in [0.05, 0.1) is 9.82 Å². The van der Waals surface area contributed by atoms with Crippen molar-refractivity contribution in [1.82, 2.24) is 0 Å². The van der Waals surface area contributed by atoms with Crippen LogP contribution in [0.1, 0.15) is 5.56 Å². The molecule has 2 aromatic carbocycles. The molecule has 0 saturated heterocycles. The molecule has 2 rings (SSSR count). The maximum atomic E-state index is 12.2. The number of nitro groups is 1. The van der Waals surface area contributed by atoms with Crippen molar-refractivity contribution in [3.63, 3.8) is 0 Å². The molecular formula is C13H13N3O4S. The molecule has 0 aliphatic heterocycles. The van der Waals surface area contributed by atoms with Gasteiger partial charge in [0.2, 0.25) is 0 Å². The van der Waals surface area contributed by atoms with Crippen LogP contribution in [0.15, 0.2) is 47.4 Å². The number of hydrogen-bond acceptors (Lipinski definition) is 5. The van der Waals surface area contributed by atoms with E-state index in [4.69, 9.17) is 5.73 Å². The summed E-state index contributed by atoms with van der Waals surface area (Å²) in [5.41, 5.74) is 6.44. The molecule has 0 heterocycles. The molecule has 110 valence electrons. The number of anilines is 2. The van der Waals surface area contributed by atoms with Crippen molar-refractivity contribution in [2.75, 3.05) is 10.5 Å². The van der Waals surface area contributed by atoms with E-state index in [2.05, 4.69) is 4.72 Å². The number of nitro benzene ring substituents is 1. The van der Waals surface area contributed by atoms with Crippen molar-refractivity contribution in [3.8, 4) is 0 Å². The molecule has 0 unspecified atom stereocenters. The zero-order valence-corrected chi connectivity index (χ0v) is 11.9. The molecular weight excluding hydrogens is 294 g/mol. The van der Waals surface area contributed by atoms with Crippen molar-refractivity contribution in [3.05, 3.63) is 58.1 Å². The predicted molar refractivity (Wildman–Crippen MR) is 79.5 cm³/mol. The summed E-state index contributed by atoms with van der Waals surface area (Å²) in [6.45, 7) is 1.54. The third kappa shape index (κ3) is 3.29. The van der Waals surface area contributed by atoms with Crippen molar-refractivity contribution < 1.29 is 13.3 Å². The molecule has 0 saturated carbocycles. The van der Waals surface area contributed by atoms with Crippen molar-refractivity contribution in [1.29, 1.82) is 0 Å². The second-order valence-corrected chi connectivity index (χ2v) is 6.12. The van der Waals surface area contributed by atoms with Gasteiger partial charge in [0.25, 0.3) is 15.7 Å². The topological polar surface area (TPSA) is 115 Å². The zero-order valence-electron chi connectivity index (χ0n) is 11.1. The van der Waals surface area contributed by atoms with Gasteiger partial charge in [-0.3, -0.25) is 14.8 Å². The highest BCUT2D eigenvalue weighted by molar-refractivity contribution is 7.92. The van der Waals surface area contributed by atoms with Crippen molar-refractivity contribution in [2.24, 2.45) is 0 Å². The SMILES string of the molecule is Cc1cc(NS(=O)(=O)c2cccc(N)c2)ccc1[N+](=O)[O-]. The molecule has 0 aromatic heterocycles. The number of nitrogens with two attached hydrogens (primary N) is 1. The number of nitrogens with zero attached hydrogens (tertiary/aromatic N) is 1. The lowest BCUT2D eigenvalue weighted by atomic mass is 10.2. The summed E-state index contributed by atoms with van der Waals surface area (Å²) in [7, 11) is -3.79. The van der Waals surface area contributed by atoms with Crippen LogP contribution >= 0.6 is 0 Å². The number of sulfonamides is 1. The Morgan fingerprint density at radius 3 is 2.48 bits per heavy atom. The quantitative estimate of drug-likeness (QED) is 0.511. The van der Waals surface area contributed by atoms with Gasteiger partial charge in [-0.2, -0.15) is 0 Å². The van der Waals surface area contributed by atoms with E-state index in [-0.39, 0.29) is 16.3 Å². The minimum Gasteiger partial charge on any atom is -0.399 e. The molecule has 2 aromatic rings. The maximum absolute atomic E-state index is 12.2. The molecule has 0 spiro atoms. The lowest BCUT2D eigenvalue weighted by Crippen LogP contribution is -2.13. The number of hydrogen-bond donors (Lipinski definition) is 2. The Bertz CT molecular complexity index is 803. The molecule has 7 nitrogen and oxygen atoms in total. The van der Waals surface area contributed by atoms with Gasteiger partial charge < -0.3 is 5.73 Å². The van der Waals surface area contributed by atoms with E-state index in [1.54, 1.807) is 6.07 Å². The maximum Gasteiger partial charge on any atom is 0.272 e. The van der Waals surface area contributed by atoms with E-state index in [9.17, 15) is 18.5 Å². The molecule has 0 bridgehead atoms. The van der Waals surface area contributed by atoms with Crippen LogP contribution in [0.5, 0.6) is 0 Å². The minimum absolute atomic E-state index is 0.0264. The summed E-state index contributed by atoms with van der Waals surface area (Å²) < 4.78 is 26.7. The normalized spacial score (nSPS) is 11.1. The summed E-state index contributed by atoms with van der Waals surface area (Å²) in [6.07, 6.45) is 0. The van der Waals surface area contributed by atoms with Gasteiger partial charge in [-0.25, -0.2) is 8.42 Å². The van der Waals surface area contributed by atoms with Gasteiger partial charge in [0, 0.05) is 23.0 Å². The number of nitrogen functional groups attached to an aromatic ring is 1. The highest BCUT2D eigenvalue weighted by atomic mass is 32.2. The van der Waals surface area contributed by atoms with E-state index in [1.165, 1.54) is 43.3 Å². The fourth-order valence-electron chi connectivity index (χ4n) is 1.82. The first kappa shape index (κ1) is 14.8. The molecule has 0 amide bonds. The Balaban J connectivity index is 2.33. The van der Waals surface area contributed by atoms with Crippen LogP contribution < -0.4 is 10.5 Å². The number of benzene rings is 2. The highest BCUT2D eigenvalue weighted by Gasteiger charge is 2.16. The summed E-state index contributed by atoms with van der Waals surface area (Å²) in [6, 6.07) is 9.86. The molecule has 21 heavy (non-hydrogen) atoms. The lowest BCUT2D eigenvalue weighted by molar-refractivity contribution is -0.385. The number of nitrogens with one attached hydrogen (secondary N) is 1. The summed E-state index contributed by atoms with van der Waals surface area (Å²) in [5, 5.41) is 10.7. The van der Waals surface area contributed by atoms with E-state index >= 15 is 0 Å². The van der Waals surface area contributed by atoms with E-state index in [1.807, 2.05) is 0 Å². The fraction of sp³-hybridized carbons (Fsp3) is 0.0769. The predicted octanol–water partition coefficient (Wildman–Crippen LogP) is 2.29. The van der Waals surface area contributed by atoms with Gasteiger partial charge in [0.15, 0.2) is 0 Å². The van der Waals surface area contributed by atoms with Gasteiger partial charge in [-0.05, 0) is 37.3 Å². The van der Waals surface area contributed by atoms with Crippen molar-refractivity contribution in [2.45, 2.75) is 11.8 Å². The molecule has 0 aliphatic carbocycles. The average Bonchev–Trinajstić information content (AvgIpc) is 2.37.